The van der Waals surface area contributed by atoms with Gasteiger partial charge in [-0.05, 0) is 31.7 Å². The summed E-state index contributed by atoms with van der Waals surface area (Å²) in [7, 11) is 0. The molecule has 0 saturated carbocycles. The van der Waals surface area contributed by atoms with Crippen molar-refractivity contribution in [3.63, 3.8) is 0 Å². The average Bonchev–Trinajstić information content (AvgIpc) is 2.15. The Balaban J connectivity index is 2.83. The minimum absolute atomic E-state index is 0.0591. The first-order valence-electron chi connectivity index (χ1n) is 4.23. The van der Waals surface area contributed by atoms with Gasteiger partial charge in [-0.15, -0.1) is 0 Å². The zero-order valence-electron chi connectivity index (χ0n) is 7.87. The summed E-state index contributed by atoms with van der Waals surface area (Å²) in [5.41, 5.74) is 1.71. The van der Waals surface area contributed by atoms with E-state index in [2.05, 4.69) is 5.32 Å². The van der Waals surface area contributed by atoms with E-state index in [1.165, 1.54) is 0 Å². The largest absolute Gasteiger partial charge is 0.329 e. The number of hydrogen-bond acceptors (Lipinski definition) is 1. The third-order valence-corrected chi connectivity index (χ3v) is 1.77. The molecular weight excluding hydrogens is 162 g/mol. The molecule has 0 spiro atoms. The summed E-state index contributed by atoms with van der Waals surface area (Å²) in [5, 5.41) is 2.67. The zero-order valence-corrected chi connectivity index (χ0v) is 7.87. The fraction of sp³-hybridized carbons (Fsp3) is 0.182. The molecule has 0 saturated heterocycles. The van der Waals surface area contributed by atoms with Crippen LogP contribution in [0.2, 0.25) is 0 Å². The van der Waals surface area contributed by atoms with Crippen molar-refractivity contribution in [1.82, 2.24) is 5.32 Å². The van der Waals surface area contributed by atoms with Gasteiger partial charge in [-0.25, -0.2) is 0 Å². The number of nitrogens with one attached hydrogen (secondary N) is 1. The second kappa shape index (κ2) is 4.45. The molecule has 0 aliphatic carbocycles. The lowest BCUT2D eigenvalue weighted by atomic mass is 10.1. The highest BCUT2D eigenvalue weighted by atomic mass is 16.1. The van der Waals surface area contributed by atoms with Gasteiger partial charge in [0.15, 0.2) is 0 Å². The Kier molecular flexibility index (Phi) is 3.26. The maximum absolute atomic E-state index is 11.5. The molecule has 1 aromatic rings. The second-order valence-electron chi connectivity index (χ2n) is 2.79. The molecule has 1 N–H and O–H groups in total. The van der Waals surface area contributed by atoms with Gasteiger partial charge in [-0.1, -0.05) is 24.3 Å². The molecule has 13 heavy (non-hydrogen) atoms. The number of carbonyl (C=O) groups is 1. The Morgan fingerprint density at radius 1 is 1.38 bits per heavy atom. The van der Waals surface area contributed by atoms with E-state index in [4.69, 9.17) is 0 Å². The van der Waals surface area contributed by atoms with Gasteiger partial charge < -0.3 is 5.32 Å². The van der Waals surface area contributed by atoms with Crippen molar-refractivity contribution in [1.29, 1.82) is 0 Å². The van der Waals surface area contributed by atoms with Crippen LogP contribution in [-0.2, 0) is 0 Å². The maximum Gasteiger partial charge on any atom is 0.255 e. The Bertz CT molecular complexity index is 329. The summed E-state index contributed by atoms with van der Waals surface area (Å²) < 4.78 is 0. The van der Waals surface area contributed by atoms with E-state index >= 15 is 0 Å². The highest BCUT2D eigenvalue weighted by molar-refractivity contribution is 5.96. The lowest BCUT2D eigenvalue weighted by Crippen LogP contribution is -2.17. The molecule has 0 atom stereocenters. The second-order valence-corrected chi connectivity index (χ2v) is 2.79. The predicted octanol–water partition coefficient (Wildman–Crippen LogP) is 2.26. The summed E-state index contributed by atoms with van der Waals surface area (Å²) >= 11 is 0. The number of amides is 1. The maximum atomic E-state index is 11.5. The van der Waals surface area contributed by atoms with Crippen LogP contribution in [0, 0.1) is 6.92 Å². The molecular formula is C11H13NO. The fourth-order valence-electron chi connectivity index (χ4n) is 1.06. The number of rotatable bonds is 2. The van der Waals surface area contributed by atoms with Crippen molar-refractivity contribution in [2.45, 2.75) is 13.8 Å². The lowest BCUT2D eigenvalue weighted by Gasteiger charge is -2.02. The Morgan fingerprint density at radius 2 is 2.08 bits per heavy atom. The van der Waals surface area contributed by atoms with Crippen LogP contribution >= 0.6 is 0 Å². The SMILES string of the molecule is C/C=C/NC(=O)c1ccccc1C. The Morgan fingerprint density at radius 3 is 2.69 bits per heavy atom. The lowest BCUT2D eigenvalue weighted by molar-refractivity contribution is 0.0969. The van der Waals surface area contributed by atoms with Gasteiger partial charge >= 0.3 is 0 Å². The molecule has 1 amide bonds. The van der Waals surface area contributed by atoms with Crippen LogP contribution in [0.1, 0.15) is 22.8 Å². The van der Waals surface area contributed by atoms with E-state index in [0.29, 0.717) is 0 Å². The number of hydrogen-bond donors (Lipinski definition) is 1. The minimum atomic E-state index is -0.0591. The number of allylic oxidation sites excluding steroid dienone is 1. The van der Waals surface area contributed by atoms with Crippen molar-refractivity contribution in [3.05, 3.63) is 47.7 Å². The Labute approximate surface area is 78.3 Å². The first kappa shape index (κ1) is 9.52. The van der Waals surface area contributed by atoms with Crippen LogP contribution < -0.4 is 5.32 Å². The van der Waals surface area contributed by atoms with Gasteiger partial charge in [0.05, 0.1) is 0 Å². The van der Waals surface area contributed by atoms with Crippen LogP contribution in [-0.4, -0.2) is 5.91 Å². The normalized spacial score (nSPS) is 10.3. The van der Waals surface area contributed by atoms with Crippen LogP contribution in [0.15, 0.2) is 36.5 Å². The third-order valence-electron chi connectivity index (χ3n) is 1.77. The van der Waals surface area contributed by atoms with Crippen molar-refractivity contribution < 1.29 is 4.79 Å². The van der Waals surface area contributed by atoms with Gasteiger partial charge in [0.2, 0.25) is 0 Å². The molecule has 0 radical (unpaired) electrons. The van der Waals surface area contributed by atoms with Gasteiger partial charge in [-0.2, -0.15) is 0 Å². The number of aryl methyl sites for hydroxylation is 1. The molecule has 1 rings (SSSR count). The summed E-state index contributed by atoms with van der Waals surface area (Å²) in [6, 6.07) is 7.51. The smallest absolute Gasteiger partial charge is 0.255 e. The first-order valence-corrected chi connectivity index (χ1v) is 4.23. The molecule has 0 heterocycles. The molecule has 2 nitrogen and oxygen atoms in total. The highest BCUT2D eigenvalue weighted by Crippen LogP contribution is 2.05. The molecule has 1 aromatic carbocycles. The molecule has 2 heteroatoms. The van der Waals surface area contributed by atoms with E-state index in [-0.39, 0.29) is 5.91 Å². The standard InChI is InChI=1S/C11H13NO/c1-3-8-12-11(13)10-7-5-4-6-9(10)2/h3-8H,1-2H3,(H,12,13)/b8-3+. The molecule has 0 fully saturated rings. The minimum Gasteiger partial charge on any atom is -0.329 e. The highest BCUT2D eigenvalue weighted by Gasteiger charge is 2.04. The average molecular weight is 175 g/mol. The molecule has 0 aliphatic rings. The summed E-state index contributed by atoms with van der Waals surface area (Å²) in [5.74, 6) is -0.0591. The van der Waals surface area contributed by atoms with Crippen molar-refractivity contribution >= 4 is 5.91 Å². The van der Waals surface area contributed by atoms with Crippen LogP contribution in [0.4, 0.5) is 0 Å². The van der Waals surface area contributed by atoms with Gasteiger partial charge in [-0.3, -0.25) is 4.79 Å². The molecule has 0 unspecified atom stereocenters. The van der Waals surface area contributed by atoms with E-state index in [0.717, 1.165) is 11.1 Å². The van der Waals surface area contributed by atoms with Gasteiger partial charge in [0.1, 0.15) is 0 Å². The molecule has 0 aromatic heterocycles. The van der Waals surface area contributed by atoms with E-state index in [9.17, 15) is 4.79 Å². The number of carbonyl (C=O) groups excluding carboxylic acids is 1. The van der Waals surface area contributed by atoms with Crippen molar-refractivity contribution in [3.8, 4) is 0 Å². The van der Waals surface area contributed by atoms with Crippen LogP contribution in [0.3, 0.4) is 0 Å². The van der Waals surface area contributed by atoms with Crippen LogP contribution in [0.25, 0.3) is 0 Å². The van der Waals surface area contributed by atoms with E-state index < -0.39 is 0 Å². The van der Waals surface area contributed by atoms with Crippen LogP contribution in [0.5, 0.6) is 0 Å². The van der Waals surface area contributed by atoms with Gasteiger partial charge in [0, 0.05) is 5.56 Å². The van der Waals surface area contributed by atoms with E-state index in [1.54, 1.807) is 12.3 Å². The first-order chi connectivity index (χ1) is 6.25. The summed E-state index contributed by atoms with van der Waals surface area (Å²) in [6.45, 7) is 3.78. The number of benzene rings is 1. The Hall–Kier alpha value is -1.57. The van der Waals surface area contributed by atoms with Gasteiger partial charge in [0.25, 0.3) is 5.91 Å². The molecule has 0 bridgehead atoms. The molecule has 0 aliphatic heterocycles. The van der Waals surface area contributed by atoms with E-state index in [1.807, 2.05) is 38.1 Å². The summed E-state index contributed by atoms with van der Waals surface area (Å²) in [4.78, 5) is 11.5. The monoisotopic (exact) mass is 175 g/mol. The third kappa shape index (κ3) is 2.44. The van der Waals surface area contributed by atoms with Crippen molar-refractivity contribution in [2.75, 3.05) is 0 Å². The fourth-order valence-corrected chi connectivity index (χ4v) is 1.06. The predicted molar refractivity (Wildman–Crippen MR) is 53.5 cm³/mol. The van der Waals surface area contributed by atoms with Crippen molar-refractivity contribution in [2.24, 2.45) is 0 Å². The zero-order chi connectivity index (χ0) is 9.68. The quantitative estimate of drug-likeness (QED) is 0.734. The topological polar surface area (TPSA) is 29.1 Å². The molecule has 68 valence electrons. The summed E-state index contributed by atoms with van der Waals surface area (Å²) in [6.07, 6.45) is 3.42.